The number of hydrogen-bond donors (Lipinski definition) is 1. The van der Waals surface area contributed by atoms with E-state index in [0.717, 1.165) is 19.3 Å². The molecule has 0 radical (unpaired) electrons. The smallest absolute Gasteiger partial charge is 0.245 e. The summed E-state index contributed by atoms with van der Waals surface area (Å²) >= 11 is 0. The maximum absolute atomic E-state index is 13.5. The Bertz CT molecular complexity index is 983. The van der Waals surface area contributed by atoms with Crippen molar-refractivity contribution >= 4 is 16.1 Å². The van der Waals surface area contributed by atoms with E-state index in [1.54, 1.807) is 0 Å². The van der Waals surface area contributed by atoms with E-state index in [-0.39, 0.29) is 10.7 Å². The Morgan fingerprint density at radius 2 is 1.82 bits per heavy atom. The van der Waals surface area contributed by atoms with Crippen molar-refractivity contribution in [3.63, 3.8) is 0 Å². The van der Waals surface area contributed by atoms with E-state index in [9.17, 15) is 17.9 Å². The number of benzene rings is 2. The molecule has 5 nitrogen and oxygen atoms in total. The van der Waals surface area contributed by atoms with Crippen LogP contribution >= 0.6 is 0 Å². The van der Waals surface area contributed by atoms with E-state index >= 15 is 0 Å². The summed E-state index contributed by atoms with van der Waals surface area (Å²) in [6.45, 7) is 0.778. The number of nitrogens with zero attached hydrogens (tertiary/aromatic N) is 1. The van der Waals surface area contributed by atoms with Crippen molar-refractivity contribution in [2.45, 2.75) is 25.6 Å². The maximum Gasteiger partial charge on any atom is 0.245 e. The third-order valence-corrected chi connectivity index (χ3v) is 7.29. The van der Waals surface area contributed by atoms with Gasteiger partial charge in [-0.15, -0.1) is 0 Å². The number of aliphatic hydroxyl groups excluding tert-OH is 1. The summed E-state index contributed by atoms with van der Waals surface area (Å²) in [7, 11) is -3.89. The van der Waals surface area contributed by atoms with Gasteiger partial charge in [-0.1, -0.05) is 30.3 Å². The fraction of sp³-hybridized carbons (Fsp3) is 0.333. The fourth-order valence-electron chi connectivity index (χ4n) is 3.79. The largest absolute Gasteiger partial charge is 0.459 e. The SMILES string of the molecule is O=S(=O)(C1=Cc2cc(F)ccc2OC1O)N1CCC(Cc2ccccc2)CC1. The van der Waals surface area contributed by atoms with Gasteiger partial charge in [-0.05, 0) is 55.0 Å². The number of aliphatic hydroxyl groups is 1. The molecule has 2 heterocycles. The van der Waals surface area contributed by atoms with Crippen LogP contribution in [0.25, 0.3) is 6.08 Å². The van der Waals surface area contributed by atoms with E-state index in [0.29, 0.717) is 24.6 Å². The minimum atomic E-state index is -3.89. The van der Waals surface area contributed by atoms with E-state index in [1.165, 1.54) is 34.1 Å². The van der Waals surface area contributed by atoms with Crippen LogP contribution in [-0.4, -0.2) is 37.2 Å². The molecule has 7 heteroatoms. The monoisotopic (exact) mass is 403 g/mol. The van der Waals surface area contributed by atoms with Gasteiger partial charge in [0.15, 0.2) is 0 Å². The molecule has 0 bridgehead atoms. The number of halogens is 1. The zero-order valence-electron chi connectivity index (χ0n) is 15.3. The zero-order valence-corrected chi connectivity index (χ0v) is 16.1. The van der Waals surface area contributed by atoms with E-state index < -0.39 is 22.1 Å². The van der Waals surface area contributed by atoms with Crippen LogP contribution in [0.5, 0.6) is 5.75 Å². The summed E-state index contributed by atoms with van der Waals surface area (Å²) in [5.74, 6) is 0.188. The first-order chi connectivity index (χ1) is 13.4. The number of hydrogen-bond acceptors (Lipinski definition) is 4. The first kappa shape index (κ1) is 19.1. The van der Waals surface area contributed by atoms with Crippen LogP contribution in [-0.2, 0) is 16.4 Å². The lowest BCUT2D eigenvalue weighted by atomic mass is 9.91. The van der Waals surface area contributed by atoms with Crippen LogP contribution < -0.4 is 4.74 Å². The highest BCUT2D eigenvalue weighted by Crippen LogP contribution is 2.34. The average Bonchev–Trinajstić information content (AvgIpc) is 2.69. The second-order valence-electron chi connectivity index (χ2n) is 7.24. The molecule has 1 saturated heterocycles. The minimum absolute atomic E-state index is 0.243. The summed E-state index contributed by atoms with van der Waals surface area (Å²) in [6, 6.07) is 13.9. The topological polar surface area (TPSA) is 66.8 Å². The molecular weight excluding hydrogens is 381 g/mol. The van der Waals surface area contributed by atoms with Gasteiger partial charge in [0.1, 0.15) is 16.5 Å². The second kappa shape index (κ2) is 7.66. The Hall–Kier alpha value is -2.22. The molecule has 0 aliphatic carbocycles. The molecule has 0 spiro atoms. The van der Waals surface area contributed by atoms with E-state index in [4.69, 9.17) is 4.74 Å². The van der Waals surface area contributed by atoms with Crippen LogP contribution in [0.15, 0.2) is 53.4 Å². The van der Waals surface area contributed by atoms with Crippen LogP contribution in [0.2, 0.25) is 0 Å². The third kappa shape index (κ3) is 3.83. The van der Waals surface area contributed by atoms with E-state index in [2.05, 4.69) is 12.1 Å². The predicted octanol–water partition coefficient (Wildman–Crippen LogP) is 3.16. The van der Waals surface area contributed by atoms with Gasteiger partial charge in [-0.25, -0.2) is 12.8 Å². The molecule has 0 aromatic heterocycles. The molecular formula is C21H22FNO4S. The molecule has 1 fully saturated rings. The lowest BCUT2D eigenvalue weighted by Gasteiger charge is -2.33. The Morgan fingerprint density at radius 1 is 1.11 bits per heavy atom. The van der Waals surface area contributed by atoms with Gasteiger partial charge >= 0.3 is 0 Å². The summed E-state index contributed by atoms with van der Waals surface area (Å²) in [5, 5.41) is 10.2. The Morgan fingerprint density at radius 3 is 2.54 bits per heavy atom. The Labute approximate surface area is 164 Å². The average molecular weight is 403 g/mol. The Balaban J connectivity index is 1.48. The molecule has 2 aliphatic rings. The van der Waals surface area contributed by atoms with Crippen molar-refractivity contribution in [2.75, 3.05) is 13.1 Å². The fourth-order valence-corrected chi connectivity index (χ4v) is 5.36. The van der Waals surface area contributed by atoms with Gasteiger partial charge in [0.25, 0.3) is 0 Å². The molecule has 148 valence electrons. The van der Waals surface area contributed by atoms with Crippen molar-refractivity contribution in [2.24, 2.45) is 5.92 Å². The number of fused-ring (bicyclic) bond motifs is 1. The molecule has 1 unspecified atom stereocenters. The highest BCUT2D eigenvalue weighted by molar-refractivity contribution is 7.93. The van der Waals surface area contributed by atoms with Crippen molar-refractivity contribution in [3.8, 4) is 5.75 Å². The van der Waals surface area contributed by atoms with E-state index in [1.807, 2.05) is 18.2 Å². The highest BCUT2D eigenvalue weighted by Gasteiger charge is 2.37. The standard InChI is InChI=1S/C21H22FNO4S/c22-18-6-7-19-17(13-18)14-20(21(24)27-19)28(25,26)23-10-8-16(9-11-23)12-15-4-2-1-3-5-15/h1-7,13-14,16,21,24H,8-12H2. The number of ether oxygens (including phenoxy) is 1. The molecule has 2 aromatic rings. The summed E-state index contributed by atoms with van der Waals surface area (Å²) < 4.78 is 46.2. The van der Waals surface area contributed by atoms with Crippen LogP contribution in [0.4, 0.5) is 4.39 Å². The molecule has 4 rings (SSSR count). The summed E-state index contributed by atoms with van der Waals surface area (Å²) in [6.07, 6.45) is 2.14. The zero-order chi connectivity index (χ0) is 19.7. The normalized spacial score (nSPS) is 20.9. The lowest BCUT2D eigenvalue weighted by molar-refractivity contribution is 0.0183. The molecule has 0 amide bonds. The first-order valence-corrected chi connectivity index (χ1v) is 10.8. The predicted molar refractivity (Wildman–Crippen MR) is 104 cm³/mol. The number of sulfonamides is 1. The van der Waals surface area contributed by atoms with Crippen LogP contribution in [0, 0.1) is 11.7 Å². The molecule has 2 aliphatic heterocycles. The maximum atomic E-state index is 13.5. The third-order valence-electron chi connectivity index (χ3n) is 5.33. The van der Waals surface area contributed by atoms with Gasteiger partial charge < -0.3 is 9.84 Å². The molecule has 28 heavy (non-hydrogen) atoms. The molecule has 2 aromatic carbocycles. The number of piperidine rings is 1. The van der Waals surface area contributed by atoms with Gasteiger partial charge in [0.2, 0.25) is 16.3 Å². The van der Waals surface area contributed by atoms with Gasteiger partial charge in [-0.2, -0.15) is 4.31 Å². The quantitative estimate of drug-likeness (QED) is 0.852. The second-order valence-corrected chi connectivity index (χ2v) is 9.17. The van der Waals surface area contributed by atoms with Crippen molar-refractivity contribution in [3.05, 3.63) is 70.4 Å². The Kier molecular flexibility index (Phi) is 5.23. The van der Waals surface area contributed by atoms with Crippen LogP contribution in [0.1, 0.15) is 24.0 Å². The lowest BCUT2D eigenvalue weighted by Crippen LogP contribution is -2.42. The molecule has 1 N–H and O–H groups in total. The van der Waals surface area contributed by atoms with Gasteiger partial charge in [0.05, 0.1) is 0 Å². The first-order valence-electron chi connectivity index (χ1n) is 9.33. The summed E-state index contributed by atoms with van der Waals surface area (Å²) in [5.41, 5.74) is 1.56. The van der Waals surface area contributed by atoms with Crippen molar-refractivity contribution < 1.29 is 22.7 Å². The molecule has 0 saturated carbocycles. The minimum Gasteiger partial charge on any atom is -0.459 e. The highest BCUT2D eigenvalue weighted by atomic mass is 32.2. The van der Waals surface area contributed by atoms with Crippen molar-refractivity contribution in [1.29, 1.82) is 0 Å². The van der Waals surface area contributed by atoms with Gasteiger partial charge in [0, 0.05) is 18.7 Å². The summed E-state index contributed by atoms with van der Waals surface area (Å²) in [4.78, 5) is -0.243. The molecule has 1 atom stereocenters. The van der Waals surface area contributed by atoms with Crippen LogP contribution in [0.3, 0.4) is 0 Å². The van der Waals surface area contributed by atoms with Crippen molar-refractivity contribution in [1.82, 2.24) is 4.31 Å². The number of rotatable bonds is 4. The van der Waals surface area contributed by atoms with Gasteiger partial charge in [-0.3, -0.25) is 0 Å².